The summed E-state index contributed by atoms with van der Waals surface area (Å²) in [5.74, 6) is 1.47. The van der Waals surface area contributed by atoms with E-state index in [0.29, 0.717) is 11.5 Å². The molecule has 0 aromatic heterocycles. The molecule has 0 saturated carbocycles. The van der Waals surface area contributed by atoms with Crippen molar-refractivity contribution in [2.24, 2.45) is 0 Å². The number of carbonyl (C=O) groups excluding carboxylic acids is 1. The maximum absolute atomic E-state index is 10.9. The first kappa shape index (κ1) is 13.0. The fourth-order valence-electron chi connectivity index (χ4n) is 1.34. The van der Waals surface area contributed by atoms with Crippen LogP contribution < -0.4 is 9.62 Å². The third-order valence-corrected chi connectivity index (χ3v) is 2.32. The van der Waals surface area contributed by atoms with Crippen molar-refractivity contribution >= 4 is 5.97 Å². The van der Waals surface area contributed by atoms with Gasteiger partial charge in [0.15, 0.2) is 5.75 Å². The fraction of sp³-hybridized carbons (Fsp3) is 0.133. The molecule has 2 aromatic carbocycles. The summed E-state index contributed by atoms with van der Waals surface area (Å²) in [6.45, 7) is 1.70. The van der Waals surface area contributed by atoms with Crippen LogP contribution in [0.1, 0.15) is 13.3 Å². The lowest BCUT2D eigenvalue weighted by Gasteiger charge is -2.06. The van der Waals surface area contributed by atoms with Crippen LogP contribution in [0, 0.1) is 0 Å². The van der Waals surface area contributed by atoms with Crippen molar-refractivity contribution < 1.29 is 19.3 Å². The Kier molecular flexibility index (Phi) is 4.39. The van der Waals surface area contributed by atoms with E-state index in [-0.39, 0.29) is 6.42 Å². The monoisotopic (exact) mass is 258 g/mol. The zero-order valence-corrected chi connectivity index (χ0v) is 10.5. The van der Waals surface area contributed by atoms with E-state index in [1.165, 1.54) is 0 Å². The standard InChI is InChI=1S/C15H14O4/c1-2-15(16)19-18-14-10-8-13(9-11-14)17-12-6-4-3-5-7-12/h3-11H,2H2,1H3. The molecule has 0 saturated heterocycles. The Balaban J connectivity index is 1.93. The van der Waals surface area contributed by atoms with Gasteiger partial charge >= 0.3 is 5.97 Å². The van der Waals surface area contributed by atoms with Crippen LogP contribution in [0.3, 0.4) is 0 Å². The summed E-state index contributed by atoms with van der Waals surface area (Å²) in [6.07, 6.45) is 0.273. The van der Waals surface area contributed by atoms with Crippen LogP contribution in [0.25, 0.3) is 0 Å². The molecule has 0 fully saturated rings. The SMILES string of the molecule is CCC(=O)OOc1ccc(Oc2ccccc2)cc1. The molecule has 0 aliphatic heterocycles. The van der Waals surface area contributed by atoms with E-state index in [1.54, 1.807) is 31.2 Å². The average molecular weight is 258 g/mol. The molecule has 0 aliphatic carbocycles. The minimum atomic E-state index is -0.412. The van der Waals surface area contributed by atoms with Gasteiger partial charge in [0.1, 0.15) is 11.5 Å². The minimum absolute atomic E-state index is 0.273. The first-order valence-electron chi connectivity index (χ1n) is 5.98. The molecule has 0 heterocycles. The predicted molar refractivity (Wildman–Crippen MR) is 70.0 cm³/mol. The Bertz CT molecular complexity index is 520. The third-order valence-electron chi connectivity index (χ3n) is 2.32. The van der Waals surface area contributed by atoms with Crippen LogP contribution in [0.5, 0.6) is 17.2 Å². The zero-order chi connectivity index (χ0) is 13.5. The summed E-state index contributed by atoms with van der Waals surface area (Å²) in [7, 11) is 0. The third kappa shape index (κ3) is 4.03. The number of benzene rings is 2. The lowest BCUT2D eigenvalue weighted by Crippen LogP contribution is -2.05. The second-order valence-electron chi connectivity index (χ2n) is 3.78. The Morgan fingerprint density at radius 1 is 0.895 bits per heavy atom. The molecule has 0 N–H and O–H groups in total. The summed E-state index contributed by atoms with van der Waals surface area (Å²) < 4.78 is 5.62. The topological polar surface area (TPSA) is 44.8 Å². The van der Waals surface area contributed by atoms with Gasteiger partial charge in [-0.25, -0.2) is 4.79 Å². The number of hydrogen-bond acceptors (Lipinski definition) is 4. The highest BCUT2D eigenvalue weighted by Crippen LogP contribution is 2.23. The van der Waals surface area contributed by atoms with Crippen molar-refractivity contribution in [2.75, 3.05) is 0 Å². The van der Waals surface area contributed by atoms with Gasteiger partial charge in [-0.15, -0.1) is 0 Å². The van der Waals surface area contributed by atoms with E-state index < -0.39 is 5.97 Å². The van der Waals surface area contributed by atoms with Crippen LogP contribution in [-0.2, 0) is 9.68 Å². The van der Waals surface area contributed by atoms with Crippen LogP contribution in [0.2, 0.25) is 0 Å². The highest BCUT2D eigenvalue weighted by Gasteiger charge is 2.02. The van der Waals surface area contributed by atoms with Gasteiger partial charge in [0.25, 0.3) is 0 Å². The van der Waals surface area contributed by atoms with E-state index in [0.717, 1.165) is 5.75 Å². The van der Waals surface area contributed by atoms with Crippen molar-refractivity contribution in [3.8, 4) is 17.2 Å². The molecule has 0 unspecified atom stereocenters. The second-order valence-corrected chi connectivity index (χ2v) is 3.78. The molecule has 0 spiro atoms. The molecule has 98 valence electrons. The van der Waals surface area contributed by atoms with Gasteiger partial charge in [0, 0.05) is 6.42 Å². The van der Waals surface area contributed by atoms with Crippen molar-refractivity contribution in [1.82, 2.24) is 0 Å². The number of carbonyl (C=O) groups is 1. The molecule has 0 amide bonds. The Hall–Kier alpha value is -2.49. The summed E-state index contributed by atoms with van der Waals surface area (Å²) in [4.78, 5) is 20.3. The molecule has 0 aliphatic rings. The Morgan fingerprint density at radius 3 is 2.11 bits per heavy atom. The molecule has 4 nitrogen and oxygen atoms in total. The summed E-state index contributed by atoms with van der Waals surface area (Å²) in [5.41, 5.74) is 0. The van der Waals surface area contributed by atoms with Crippen molar-refractivity contribution in [2.45, 2.75) is 13.3 Å². The maximum atomic E-state index is 10.9. The molecule has 0 atom stereocenters. The fourth-order valence-corrected chi connectivity index (χ4v) is 1.34. The minimum Gasteiger partial charge on any atom is -0.457 e. The summed E-state index contributed by atoms with van der Waals surface area (Å²) >= 11 is 0. The van der Waals surface area contributed by atoms with E-state index in [1.807, 2.05) is 30.3 Å². The van der Waals surface area contributed by atoms with Crippen LogP contribution in [0.15, 0.2) is 54.6 Å². The van der Waals surface area contributed by atoms with Crippen LogP contribution >= 0.6 is 0 Å². The van der Waals surface area contributed by atoms with Gasteiger partial charge in [-0.05, 0) is 36.4 Å². The van der Waals surface area contributed by atoms with E-state index >= 15 is 0 Å². The van der Waals surface area contributed by atoms with Gasteiger partial charge in [0.2, 0.25) is 0 Å². The number of rotatable bonds is 5. The molecular formula is C15H14O4. The van der Waals surface area contributed by atoms with Gasteiger partial charge in [-0.1, -0.05) is 25.1 Å². The molecule has 19 heavy (non-hydrogen) atoms. The molecular weight excluding hydrogens is 244 g/mol. The molecule has 2 aromatic rings. The molecule has 2 rings (SSSR count). The first-order valence-corrected chi connectivity index (χ1v) is 5.98. The normalized spacial score (nSPS) is 9.74. The first-order chi connectivity index (χ1) is 9.28. The summed E-state index contributed by atoms with van der Waals surface area (Å²) in [6, 6.07) is 16.3. The predicted octanol–water partition coefficient (Wildman–Crippen LogP) is 3.73. The van der Waals surface area contributed by atoms with Gasteiger partial charge in [0.05, 0.1) is 0 Å². The summed E-state index contributed by atoms with van der Waals surface area (Å²) in [5, 5.41) is 0. The van der Waals surface area contributed by atoms with Gasteiger partial charge in [-0.3, -0.25) is 9.78 Å². The van der Waals surface area contributed by atoms with Gasteiger partial charge < -0.3 is 4.74 Å². The number of ether oxygens (including phenoxy) is 1. The van der Waals surface area contributed by atoms with Crippen molar-refractivity contribution in [1.29, 1.82) is 0 Å². The average Bonchev–Trinajstić information content (AvgIpc) is 2.47. The smallest absolute Gasteiger partial charge is 0.355 e. The lowest BCUT2D eigenvalue weighted by atomic mass is 10.3. The van der Waals surface area contributed by atoms with E-state index in [9.17, 15) is 4.79 Å². The Labute approximate surface area is 111 Å². The van der Waals surface area contributed by atoms with Crippen molar-refractivity contribution in [3.63, 3.8) is 0 Å². The molecule has 0 bridgehead atoms. The quantitative estimate of drug-likeness (QED) is 0.605. The van der Waals surface area contributed by atoms with E-state index in [2.05, 4.69) is 4.89 Å². The zero-order valence-electron chi connectivity index (χ0n) is 10.5. The van der Waals surface area contributed by atoms with Crippen LogP contribution in [-0.4, -0.2) is 5.97 Å². The highest BCUT2D eigenvalue weighted by atomic mass is 17.2. The second kappa shape index (κ2) is 6.44. The van der Waals surface area contributed by atoms with E-state index in [4.69, 9.17) is 9.62 Å². The number of hydrogen-bond donors (Lipinski definition) is 0. The Morgan fingerprint density at radius 2 is 1.47 bits per heavy atom. The maximum Gasteiger partial charge on any atom is 0.355 e. The molecule has 4 heteroatoms. The highest BCUT2D eigenvalue weighted by molar-refractivity contribution is 5.68. The largest absolute Gasteiger partial charge is 0.457 e. The molecule has 0 radical (unpaired) electrons. The van der Waals surface area contributed by atoms with Gasteiger partial charge in [-0.2, -0.15) is 0 Å². The lowest BCUT2D eigenvalue weighted by molar-refractivity contribution is -0.213. The number of para-hydroxylation sites is 1. The van der Waals surface area contributed by atoms with Crippen LogP contribution in [0.4, 0.5) is 0 Å². The van der Waals surface area contributed by atoms with Crippen molar-refractivity contribution in [3.05, 3.63) is 54.6 Å².